The van der Waals surface area contributed by atoms with Gasteiger partial charge in [0.2, 0.25) is 5.91 Å². The van der Waals surface area contributed by atoms with Crippen molar-refractivity contribution in [2.24, 2.45) is 0 Å². The second-order valence-corrected chi connectivity index (χ2v) is 11.8. The Balaban J connectivity index is 1.10. The molecule has 6 rings (SSSR count). The number of pyridine rings is 1. The Morgan fingerprint density at radius 3 is 2.60 bits per heavy atom. The van der Waals surface area contributed by atoms with Gasteiger partial charge in [-0.1, -0.05) is 24.3 Å². The van der Waals surface area contributed by atoms with Crippen LogP contribution in [0.4, 0.5) is 10.1 Å². The Labute approximate surface area is 253 Å². The molecule has 10 heteroatoms. The van der Waals surface area contributed by atoms with Gasteiger partial charge >= 0.3 is 0 Å². The fraction of sp³-hybridized carbons (Fsp3) is 0.273. The van der Waals surface area contributed by atoms with Crippen LogP contribution in [0.1, 0.15) is 24.8 Å². The van der Waals surface area contributed by atoms with Gasteiger partial charge in [0.1, 0.15) is 11.5 Å². The number of imidazole rings is 1. The number of ketones is 1. The highest BCUT2D eigenvalue weighted by Crippen LogP contribution is 2.39. The molecule has 0 saturated carbocycles. The topological polar surface area (TPSA) is 80.6 Å². The number of nitrogens with zero attached hydrogens (tertiary/aromatic N) is 5. The van der Waals surface area contributed by atoms with Gasteiger partial charge in [-0.05, 0) is 61.8 Å². The molecule has 1 aliphatic heterocycles. The molecule has 2 aromatic carbocycles. The fourth-order valence-electron chi connectivity index (χ4n) is 5.22. The molecule has 0 atom stereocenters. The van der Waals surface area contributed by atoms with E-state index in [1.165, 1.54) is 54.3 Å². The third-order valence-corrected chi connectivity index (χ3v) is 8.78. The molecule has 1 saturated heterocycles. The van der Waals surface area contributed by atoms with Gasteiger partial charge < -0.3 is 19.1 Å². The molecule has 0 bridgehead atoms. The number of Topliss-reactive ketones (excluding diaryl/α,β-unsaturated/α-hetero) is 1. The molecule has 0 spiro atoms. The van der Waals surface area contributed by atoms with Crippen LogP contribution in [0, 0.1) is 5.82 Å². The van der Waals surface area contributed by atoms with Crippen LogP contribution in [0.5, 0.6) is 11.5 Å². The first-order valence-corrected chi connectivity index (χ1v) is 15.2. The number of carbonyl (C=O) groups excluding carboxylic acids is 2. The van der Waals surface area contributed by atoms with Gasteiger partial charge in [0.25, 0.3) is 0 Å². The van der Waals surface area contributed by atoms with Crippen LogP contribution in [-0.2, 0) is 22.6 Å². The molecule has 0 aliphatic carbocycles. The molecule has 0 N–H and O–H groups in total. The summed E-state index contributed by atoms with van der Waals surface area (Å²) in [4.78, 5) is 39.1. The van der Waals surface area contributed by atoms with E-state index in [1.54, 1.807) is 37.5 Å². The molecule has 0 radical (unpaired) electrons. The van der Waals surface area contributed by atoms with Gasteiger partial charge in [-0.3, -0.25) is 14.6 Å². The van der Waals surface area contributed by atoms with E-state index in [9.17, 15) is 9.59 Å². The van der Waals surface area contributed by atoms with Crippen LogP contribution in [0.15, 0.2) is 79.4 Å². The zero-order valence-electron chi connectivity index (χ0n) is 23.9. The first-order chi connectivity index (χ1) is 20.9. The smallest absolute Gasteiger partial charge is 0.234 e. The number of thiophene rings is 1. The van der Waals surface area contributed by atoms with Crippen LogP contribution in [0.25, 0.3) is 20.8 Å². The number of halogens is 1. The van der Waals surface area contributed by atoms with Gasteiger partial charge in [-0.15, -0.1) is 11.3 Å². The van der Waals surface area contributed by atoms with Crippen molar-refractivity contribution in [3.63, 3.8) is 0 Å². The normalized spacial score (nSPS) is 13.4. The van der Waals surface area contributed by atoms with E-state index in [0.29, 0.717) is 17.0 Å². The lowest BCUT2D eigenvalue weighted by Gasteiger charge is -2.16. The summed E-state index contributed by atoms with van der Waals surface area (Å²) in [6.07, 6.45) is 7.78. The fourth-order valence-corrected chi connectivity index (χ4v) is 6.25. The standard InChI is InChI=1S/C33H32FN5O3S/c1-37(24-7-3-2-4-8-24)32(41)19-25(40)17-23-9-10-29(26(34)18-23)42-30-11-12-35-27-20-31(43-33(27)30)28-21-39(22-36-28)16-15-38-13-5-6-14-38/h2-4,7-12,18,20-22H,5-6,13-17,19H2,1H3. The summed E-state index contributed by atoms with van der Waals surface area (Å²) in [5, 5.41) is 0. The number of amides is 1. The largest absolute Gasteiger partial charge is 0.453 e. The summed E-state index contributed by atoms with van der Waals surface area (Å²) in [6, 6.07) is 17.2. The summed E-state index contributed by atoms with van der Waals surface area (Å²) in [5.41, 5.74) is 2.79. The number of rotatable bonds is 11. The summed E-state index contributed by atoms with van der Waals surface area (Å²) in [7, 11) is 1.63. The predicted octanol–water partition coefficient (Wildman–Crippen LogP) is 6.35. The van der Waals surface area contributed by atoms with Gasteiger partial charge in [-0.25, -0.2) is 9.37 Å². The number of benzene rings is 2. The first kappa shape index (κ1) is 28.7. The number of likely N-dealkylation sites (tertiary alicyclic amines) is 1. The second kappa shape index (κ2) is 12.8. The number of ether oxygens (including phenoxy) is 1. The van der Waals surface area contributed by atoms with E-state index in [2.05, 4.69) is 19.4 Å². The van der Waals surface area contributed by atoms with E-state index in [4.69, 9.17) is 4.74 Å². The summed E-state index contributed by atoms with van der Waals surface area (Å²) < 4.78 is 24.0. The molecule has 220 valence electrons. The molecule has 0 unspecified atom stereocenters. The number of para-hydroxylation sites is 1. The third kappa shape index (κ3) is 6.81. The van der Waals surface area contributed by atoms with Crippen molar-refractivity contribution in [3.8, 4) is 22.1 Å². The number of hydrogen-bond acceptors (Lipinski definition) is 7. The van der Waals surface area contributed by atoms with Crippen molar-refractivity contribution in [1.82, 2.24) is 19.4 Å². The number of carbonyl (C=O) groups is 2. The van der Waals surface area contributed by atoms with Crippen LogP contribution >= 0.6 is 11.3 Å². The van der Waals surface area contributed by atoms with Crippen molar-refractivity contribution in [2.75, 3.05) is 31.6 Å². The Morgan fingerprint density at radius 2 is 1.81 bits per heavy atom. The van der Waals surface area contributed by atoms with Gasteiger partial charge in [0.15, 0.2) is 11.6 Å². The maximum absolute atomic E-state index is 15.1. The van der Waals surface area contributed by atoms with E-state index < -0.39 is 5.82 Å². The van der Waals surface area contributed by atoms with Crippen molar-refractivity contribution >= 4 is 38.9 Å². The summed E-state index contributed by atoms with van der Waals surface area (Å²) in [5.74, 6) is -0.656. The van der Waals surface area contributed by atoms with Gasteiger partial charge in [0.05, 0.1) is 33.5 Å². The Morgan fingerprint density at radius 1 is 1.00 bits per heavy atom. The minimum atomic E-state index is -0.587. The summed E-state index contributed by atoms with van der Waals surface area (Å²) >= 11 is 1.50. The Hall–Kier alpha value is -4.41. The van der Waals surface area contributed by atoms with E-state index in [-0.39, 0.29) is 30.3 Å². The highest BCUT2D eigenvalue weighted by Gasteiger charge is 2.18. The molecule has 4 heterocycles. The highest BCUT2D eigenvalue weighted by atomic mass is 32.1. The van der Waals surface area contributed by atoms with Crippen molar-refractivity contribution in [3.05, 3.63) is 90.8 Å². The van der Waals surface area contributed by atoms with Crippen LogP contribution in [0.3, 0.4) is 0 Å². The molecule has 1 amide bonds. The first-order valence-electron chi connectivity index (χ1n) is 14.4. The van der Waals surface area contributed by atoms with Crippen molar-refractivity contribution in [1.29, 1.82) is 0 Å². The molecule has 1 aliphatic rings. The van der Waals surface area contributed by atoms with Crippen LogP contribution < -0.4 is 9.64 Å². The molecular formula is C33H32FN5O3S. The second-order valence-electron chi connectivity index (χ2n) is 10.7. The quantitative estimate of drug-likeness (QED) is 0.165. The molecule has 5 aromatic rings. The van der Waals surface area contributed by atoms with E-state index >= 15 is 4.39 Å². The Bertz CT molecular complexity index is 1750. The molecule has 8 nitrogen and oxygen atoms in total. The lowest BCUT2D eigenvalue weighted by atomic mass is 10.1. The van der Waals surface area contributed by atoms with E-state index in [0.717, 1.165) is 33.9 Å². The lowest BCUT2D eigenvalue weighted by molar-refractivity contribution is -0.126. The van der Waals surface area contributed by atoms with E-state index in [1.807, 2.05) is 36.8 Å². The van der Waals surface area contributed by atoms with Crippen molar-refractivity contribution < 1.29 is 18.7 Å². The monoisotopic (exact) mass is 597 g/mol. The zero-order valence-corrected chi connectivity index (χ0v) is 24.7. The lowest BCUT2D eigenvalue weighted by Crippen LogP contribution is -2.28. The molecule has 43 heavy (non-hydrogen) atoms. The predicted molar refractivity (Wildman–Crippen MR) is 166 cm³/mol. The number of anilines is 1. The Kier molecular flexibility index (Phi) is 8.57. The van der Waals surface area contributed by atoms with Gasteiger partial charge in [0, 0.05) is 50.7 Å². The minimum absolute atomic E-state index is 0.0460. The molecule has 3 aromatic heterocycles. The number of fused-ring (bicyclic) bond motifs is 1. The minimum Gasteiger partial charge on any atom is -0.453 e. The zero-order chi connectivity index (χ0) is 29.8. The van der Waals surface area contributed by atoms with Crippen LogP contribution in [0.2, 0.25) is 0 Å². The van der Waals surface area contributed by atoms with Crippen LogP contribution in [-0.4, -0.2) is 57.8 Å². The number of aromatic nitrogens is 3. The molecular weight excluding hydrogens is 565 g/mol. The number of hydrogen-bond donors (Lipinski definition) is 0. The van der Waals surface area contributed by atoms with Gasteiger partial charge in [-0.2, -0.15) is 0 Å². The average Bonchev–Trinajstić information content (AvgIpc) is 3.79. The molecule has 1 fully saturated rings. The van der Waals surface area contributed by atoms with Crippen molar-refractivity contribution in [2.45, 2.75) is 32.2 Å². The summed E-state index contributed by atoms with van der Waals surface area (Å²) in [6.45, 7) is 4.25. The third-order valence-electron chi connectivity index (χ3n) is 7.62. The maximum Gasteiger partial charge on any atom is 0.234 e. The average molecular weight is 598 g/mol. The SMILES string of the molecule is CN(C(=O)CC(=O)Cc1ccc(Oc2ccnc3cc(-c4cn(CCN5CCCC5)cn4)sc23)c(F)c1)c1ccccc1. The highest BCUT2D eigenvalue weighted by molar-refractivity contribution is 7.22. The maximum atomic E-state index is 15.1.